The third-order valence-electron chi connectivity index (χ3n) is 4.27. The summed E-state index contributed by atoms with van der Waals surface area (Å²) in [7, 11) is 1.74. The molecule has 1 amide bonds. The summed E-state index contributed by atoms with van der Waals surface area (Å²) in [4.78, 5) is 17.3. The van der Waals surface area contributed by atoms with Gasteiger partial charge in [-0.05, 0) is 54.6 Å². The highest BCUT2D eigenvalue weighted by Gasteiger charge is 2.16. The molecule has 0 saturated carbocycles. The third-order valence-corrected chi connectivity index (χ3v) is 4.58. The van der Waals surface area contributed by atoms with Gasteiger partial charge < -0.3 is 5.32 Å². The zero-order valence-electron chi connectivity index (χ0n) is 16.0. The number of nitrogens with zero attached hydrogens (tertiary/aromatic N) is 7. The number of tetrazole rings is 1. The molecular weight excluding hydrogens is 392 g/mol. The predicted molar refractivity (Wildman–Crippen MR) is 108 cm³/mol. The van der Waals surface area contributed by atoms with Gasteiger partial charge in [-0.25, -0.2) is 14.3 Å². The Bertz CT molecular complexity index is 1210. The summed E-state index contributed by atoms with van der Waals surface area (Å²) >= 11 is 6.24. The summed E-state index contributed by atoms with van der Waals surface area (Å²) in [6.45, 7) is 3.82. The molecule has 0 saturated heterocycles. The van der Waals surface area contributed by atoms with Crippen molar-refractivity contribution < 1.29 is 4.79 Å². The molecule has 9 nitrogen and oxygen atoms in total. The van der Waals surface area contributed by atoms with Gasteiger partial charge in [-0.15, -0.1) is 5.10 Å². The monoisotopic (exact) mass is 408 g/mol. The maximum absolute atomic E-state index is 12.8. The van der Waals surface area contributed by atoms with E-state index in [0.29, 0.717) is 17.3 Å². The lowest BCUT2D eigenvalue weighted by Gasteiger charge is -2.10. The number of hydrogen-bond acceptors (Lipinski definition) is 6. The van der Waals surface area contributed by atoms with E-state index < -0.39 is 5.91 Å². The summed E-state index contributed by atoms with van der Waals surface area (Å²) in [6.07, 6.45) is 0. The van der Waals surface area contributed by atoms with Crippen LogP contribution >= 0.6 is 11.6 Å². The van der Waals surface area contributed by atoms with Crippen LogP contribution in [0.1, 0.15) is 21.9 Å². The van der Waals surface area contributed by atoms with Gasteiger partial charge in [-0.1, -0.05) is 23.7 Å². The number of amides is 1. The summed E-state index contributed by atoms with van der Waals surface area (Å²) in [5.41, 5.74) is 3.23. The van der Waals surface area contributed by atoms with Crippen LogP contribution in [-0.2, 0) is 7.05 Å². The van der Waals surface area contributed by atoms with Crippen LogP contribution in [-0.4, -0.2) is 40.9 Å². The van der Waals surface area contributed by atoms with Crippen molar-refractivity contribution in [1.82, 2.24) is 35.0 Å². The zero-order valence-corrected chi connectivity index (χ0v) is 16.7. The van der Waals surface area contributed by atoms with Gasteiger partial charge >= 0.3 is 0 Å². The van der Waals surface area contributed by atoms with Crippen LogP contribution in [0.5, 0.6) is 0 Å². The first-order chi connectivity index (χ1) is 13.9. The van der Waals surface area contributed by atoms with E-state index in [0.717, 1.165) is 17.0 Å². The Kier molecular flexibility index (Phi) is 4.81. The Morgan fingerprint density at radius 3 is 2.66 bits per heavy atom. The van der Waals surface area contributed by atoms with E-state index in [1.807, 2.05) is 26.0 Å². The lowest BCUT2D eigenvalue weighted by molar-refractivity contribution is 0.102. The second-order valence-electron chi connectivity index (χ2n) is 6.50. The topological polar surface area (TPSA) is 103 Å². The van der Waals surface area contributed by atoms with Gasteiger partial charge in [0.15, 0.2) is 11.6 Å². The van der Waals surface area contributed by atoms with E-state index in [1.54, 1.807) is 46.7 Å². The quantitative estimate of drug-likeness (QED) is 0.556. The molecule has 0 aliphatic heterocycles. The number of pyridine rings is 1. The highest BCUT2D eigenvalue weighted by atomic mass is 35.5. The molecule has 10 heteroatoms. The number of aromatic nitrogens is 7. The lowest BCUT2D eigenvalue weighted by Crippen LogP contribution is -2.16. The Labute approximate surface area is 171 Å². The van der Waals surface area contributed by atoms with Crippen molar-refractivity contribution in [3.05, 3.63) is 64.6 Å². The maximum Gasteiger partial charge on any atom is 0.275 e. The Morgan fingerprint density at radius 1 is 1.14 bits per heavy atom. The van der Waals surface area contributed by atoms with Gasteiger partial charge in [0.1, 0.15) is 5.69 Å². The number of carbonyl (C=O) groups is 1. The molecule has 0 aliphatic carbocycles. The molecule has 0 radical (unpaired) electrons. The molecule has 0 fully saturated rings. The molecule has 0 spiro atoms. The van der Waals surface area contributed by atoms with Crippen molar-refractivity contribution >= 4 is 23.2 Å². The smallest absolute Gasteiger partial charge is 0.275 e. The van der Waals surface area contributed by atoms with E-state index in [4.69, 9.17) is 11.6 Å². The molecule has 0 aliphatic rings. The molecule has 3 heterocycles. The molecule has 0 atom stereocenters. The largest absolute Gasteiger partial charge is 0.321 e. The normalized spacial score (nSPS) is 10.9. The summed E-state index contributed by atoms with van der Waals surface area (Å²) in [5, 5.41) is 18.9. The van der Waals surface area contributed by atoms with Gasteiger partial charge in [0.2, 0.25) is 0 Å². The number of benzene rings is 1. The van der Waals surface area contributed by atoms with Gasteiger partial charge in [0, 0.05) is 24.0 Å². The summed E-state index contributed by atoms with van der Waals surface area (Å²) in [6, 6.07) is 12.5. The third kappa shape index (κ3) is 3.72. The zero-order chi connectivity index (χ0) is 20.5. The molecule has 4 aromatic rings. The molecule has 3 aromatic heterocycles. The number of hydrogen-bond donors (Lipinski definition) is 1. The first-order valence-electron chi connectivity index (χ1n) is 8.76. The fraction of sp³-hybridized carbons (Fsp3) is 0.158. The Balaban J connectivity index is 1.63. The van der Waals surface area contributed by atoms with Crippen LogP contribution in [0.15, 0.2) is 42.5 Å². The number of anilines is 1. The van der Waals surface area contributed by atoms with Crippen molar-refractivity contribution in [2.75, 3.05) is 5.32 Å². The molecule has 146 valence electrons. The van der Waals surface area contributed by atoms with E-state index in [2.05, 4.69) is 30.9 Å². The second-order valence-corrected chi connectivity index (χ2v) is 6.91. The van der Waals surface area contributed by atoms with E-state index in [1.165, 1.54) is 0 Å². The van der Waals surface area contributed by atoms with Crippen LogP contribution in [0.3, 0.4) is 0 Å². The molecule has 4 rings (SSSR count). The molecular formula is C19H17ClN8O. The Hall–Kier alpha value is -3.59. The molecule has 1 aromatic carbocycles. The minimum atomic E-state index is -0.424. The molecule has 29 heavy (non-hydrogen) atoms. The lowest BCUT2D eigenvalue weighted by atomic mass is 10.2. The summed E-state index contributed by atoms with van der Waals surface area (Å²) in [5.74, 6) is 0.680. The minimum absolute atomic E-state index is 0.113. The highest BCUT2D eigenvalue weighted by Crippen LogP contribution is 2.22. The van der Waals surface area contributed by atoms with E-state index in [9.17, 15) is 4.79 Å². The van der Waals surface area contributed by atoms with Crippen LogP contribution in [0.25, 0.3) is 17.2 Å². The minimum Gasteiger partial charge on any atom is -0.321 e. The van der Waals surface area contributed by atoms with Crippen molar-refractivity contribution in [3.8, 4) is 17.2 Å². The SMILES string of the molecule is Cc1cc(C)n(-c2ccc(Cl)c(C(=O)Nc3cccc(-c4nnnn4C)c3)n2)n1. The Morgan fingerprint density at radius 2 is 1.97 bits per heavy atom. The molecule has 1 N–H and O–H groups in total. The fourth-order valence-electron chi connectivity index (χ4n) is 2.97. The van der Waals surface area contributed by atoms with Gasteiger partial charge in [-0.2, -0.15) is 5.10 Å². The molecule has 0 unspecified atom stereocenters. The van der Waals surface area contributed by atoms with Gasteiger partial charge in [-0.3, -0.25) is 4.79 Å². The highest BCUT2D eigenvalue weighted by molar-refractivity contribution is 6.34. The van der Waals surface area contributed by atoms with Crippen LogP contribution in [0.4, 0.5) is 5.69 Å². The first-order valence-corrected chi connectivity index (χ1v) is 9.14. The number of rotatable bonds is 4. The number of carbonyl (C=O) groups excluding carboxylic acids is 1. The van der Waals surface area contributed by atoms with Crippen LogP contribution < -0.4 is 5.32 Å². The standard InChI is InChI=1S/C19H17ClN8O/c1-11-9-12(2)28(24-11)16-8-7-15(20)17(22-16)19(29)21-14-6-4-5-13(10-14)18-23-25-26-27(18)3/h4-10H,1-3H3,(H,21,29). The van der Waals surface area contributed by atoms with Gasteiger partial charge in [0.05, 0.1) is 10.7 Å². The fourth-order valence-corrected chi connectivity index (χ4v) is 3.16. The summed E-state index contributed by atoms with van der Waals surface area (Å²) < 4.78 is 3.22. The van der Waals surface area contributed by atoms with Crippen molar-refractivity contribution in [1.29, 1.82) is 0 Å². The van der Waals surface area contributed by atoms with E-state index >= 15 is 0 Å². The van der Waals surface area contributed by atoms with Crippen molar-refractivity contribution in [2.45, 2.75) is 13.8 Å². The number of nitrogens with one attached hydrogen (secondary N) is 1. The average Bonchev–Trinajstić information content (AvgIpc) is 3.27. The molecule has 0 bridgehead atoms. The number of aryl methyl sites for hydroxylation is 3. The van der Waals surface area contributed by atoms with Crippen LogP contribution in [0, 0.1) is 13.8 Å². The van der Waals surface area contributed by atoms with Crippen LogP contribution in [0.2, 0.25) is 5.02 Å². The van der Waals surface area contributed by atoms with Crippen molar-refractivity contribution in [2.24, 2.45) is 7.05 Å². The second kappa shape index (κ2) is 7.44. The van der Waals surface area contributed by atoms with Gasteiger partial charge in [0.25, 0.3) is 5.91 Å². The van der Waals surface area contributed by atoms with Crippen molar-refractivity contribution in [3.63, 3.8) is 0 Å². The first kappa shape index (κ1) is 18.8. The van der Waals surface area contributed by atoms with E-state index in [-0.39, 0.29) is 10.7 Å². The number of halogens is 1. The maximum atomic E-state index is 12.8. The predicted octanol–water partition coefficient (Wildman–Crippen LogP) is 2.98. The average molecular weight is 409 g/mol.